The molecule has 0 unspecified atom stereocenters. The lowest BCUT2D eigenvalue weighted by Crippen LogP contribution is -2.36. The molecule has 3 amide bonds. The van der Waals surface area contributed by atoms with Crippen molar-refractivity contribution in [3.8, 4) is 0 Å². The Kier molecular flexibility index (Phi) is 5.77. The van der Waals surface area contributed by atoms with E-state index in [2.05, 4.69) is 10.6 Å². The first-order valence-electron chi connectivity index (χ1n) is 9.47. The Morgan fingerprint density at radius 2 is 1.68 bits per heavy atom. The van der Waals surface area contributed by atoms with Crippen molar-refractivity contribution < 1.29 is 18.0 Å². The van der Waals surface area contributed by atoms with Crippen LogP contribution in [0.15, 0.2) is 64.9 Å². The van der Waals surface area contributed by atoms with Gasteiger partial charge >= 0.3 is 6.03 Å². The number of rotatable bonds is 5. The van der Waals surface area contributed by atoms with Gasteiger partial charge in [0.2, 0.25) is 10.0 Å². The molecule has 4 rings (SSSR count). The summed E-state index contributed by atoms with van der Waals surface area (Å²) in [5.41, 5.74) is 8.04. The van der Waals surface area contributed by atoms with Gasteiger partial charge in [0.15, 0.2) is 0 Å². The summed E-state index contributed by atoms with van der Waals surface area (Å²) in [6.07, 6.45) is 0.626. The molecule has 0 radical (unpaired) electrons. The summed E-state index contributed by atoms with van der Waals surface area (Å²) in [6, 6.07) is 14.9. The van der Waals surface area contributed by atoms with Crippen LogP contribution in [0.5, 0.6) is 0 Å². The number of thiophene rings is 1. The zero-order valence-electron chi connectivity index (χ0n) is 16.4. The highest BCUT2D eigenvalue weighted by molar-refractivity contribution is 7.89. The van der Waals surface area contributed by atoms with Crippen LogP contribution in [-0.2, 0) is 23.0 Å². The maximum absolute atomic E-state index is 13.3. The van der Waals surface area contributed by atoms with E-state index in [1.807, 2.05) is 24.3 Å². The molecule has 1 aliphatic heterocycles. The number of sulfonamides is 1. The van der Waals surface area contributed by atoms with Gasteiger partial charge in [-0.1, -0.05) is 30.3 Å². The Hall–Kier alpha value is -3.21. The highest BCUT2D eigenvalue weighted by Gasteiger charge is 2.32. The lowest BCUT2D eigenvalue weighted by Gasteiger charge is -2.28. The Morgan fingerprint density at radius 1 is 0.968 bits per heavy atom. The normalized spacial score (nSPS) is 13.9. The van der Waals surface area contributed by atoms with Crippen LogP contribution in [0.1, 0.15) is 20.8 Å². The molecule has 10 heteroatoms. The van der Waals surface area contributed by atoms with Gasteiger partial charge in [-0.25, -0.2) is 13.2 Å². The minimum absolute atomic E-state index is 0.0132. The average Bonchev–Trinajstić information content (AvgIpc) is 3.24. The van der Waals surface area contributed by atoms with Gasteiger partial charge < -0.3 is 16.4 Å². The van der Waals surface area contributed by atoms with Crippen LogP contribution < -0.4 is 16.4 Å². The van der Waals surface area contributed by atoms with Gasteiger partial charge in [0.1, 0.15) is 9.77 Å². The highest BCUT2D eigenvalue weighted by atomic mass is 32.2. The van der Waals surface area contributed by atoms with Crippen LogP contribution in [0.2, 0.25) is 0 Å². The number of amides is 3. The maximum Gasteiger partial charge on any atom is 0.316 e. The monoisotopic (exact) mass is 456 g/mol. The molecule has 0 atom stereocenters. The van der Waals surface area contributed by atoms with Gasteiger partial charge in [-0.3, -0.25) is 4.79 Å². The van der Waals surface area contributed by atoms with E-state index in [0.29, 0.717) is 24.3 Å². The molecule has 4 N–H and O–H groups in total. The molecule has 0 saturated heterocycles. The van der Waals surface area contributed by atoms with E-state index < -0.39 is 22.0 Å². The third kappa shape index (κ3) is 4.46. The molecule has 3 aromatic rings. The van der Waals surface area contributed by atoms with Crippen molar-refractivity contribution in [1.29, 1.82) is 0 Å². The van der Waals surface area contributed by atoms with E-state index >= 15 is 0 Å². The fourth-order valence-electron chi connectivity index (χ4n) is 3.49. The number of primary amides is 1. The molecule has 1 aliphatic rings. The first kappa shape index (κ1) is 21.0. The average molecular weight is 457 g/mol. The summed E-state index contributed by atoms with van der Waals surface area (Å²) in [4.78, 5) is 24.0. The van der Waals surface area contributed by atoms with Gasteiger partial charge in [-0.15, -0.1) is 11.3 Å². The summed E-state index contributed by atoms with van der Waals surface area (Å²) in [5, 5.41) is 6.70. The molecule has 0 aliphatic carbocycles. The van der Waals surface area contributed by atoms with Crippen molar-refractivity contribution in [2.45, 2.75) is 17.9 Å². The Morgan fingerprint density at radius 3 is 2.42 bits per heavy atom. The second kappa shape index (κ2) is 8.50. The van der Waals surface area contributed by atoms with Gasteiger partial charge in [0.05, 0.1) is 0 Å². The largest absolute Gasteiger partial charge is 0.351 e. The Bertz CT molecular complexity index is 1250. The number of benzene rings is 2. The molecule has 2 heterocycles. The number of nitrogens with one attached hydrogen (secondary N) is 2. The standard InChI is InChI=1S/C21H20N4O4S2/c22-21(27)24-17-7-3-6-16(12-17)23-20(26)19-18(9-11-30-19)31(28,29)25-10-8-14-4-1-2-5-15(14)13-25/h1-7,9,11-12H,8,10,13H2,(H,23,26)(H3,22,24,27). The number of carbonyl (C=O) groups excluding carboxylic acids is 2. The quantitative estimate of drug-likeness (QED) is 0.546. The minimum Gasteiger partial charge on any atom is -0.351 e. The maximum atomic E-state index is 13.3. The molecule has 160 valence electrons. The smallest absolute Gasteiger partial charge is 0.316 e. The molecule has 1 aromatic heterocycles. The minimum atomic E-state index is -3.84. The van der Waals surface area contributed by atoms with E-state index in [4.69, 9.17) is 5.73 Å². The topological polar surface area (TPSA) is 122 Å². The fraction of sp³-hybridized carbons (Fsp3) is 0.143. The van der Waals surface area contributed by atoms with Crippen LogP contribution in [0.4, 0.5) is 16.2 Å². The molecule has 0 bridgehead atoms. The third-order valence-electron chi connectivity index (χ3n) is 4.94. The number of anilines is 2. The van der Waals surface area contributed by atoms with Crippen molar-refractivity contribution in [1.82, 2.24) is 4.31 Å². The van der Waals surface area contributed by atoms with E-state index in [1.165, 1.54) is 16.4 Å². The summed E-state index contributed by atoms with van der Waals surface area (Å²) >= 11 is 1.06. The zero-order chi connectivity index (χ0) is 22.0. The molecule has 2 aromatic carbocycles. The van der Waals surface area contributed by atoms with Gasteiger partial charge in [0, 0.05) is 24.5 Å². The molecule has 8 nitrogen and oxygen atoms in total. The number of nitrogens with two attached hydrogens (primary N) is 1. The van der Waals surface area contributed by atoms with Gasteiger partial charge in [0.25, 0.3) is 5.91 Å². The summed E-state index contributed by atoms with van der Waals surface area (Å²) in [6.45, 7) is 0.632. The van der Waals surface area contributed by atoms with Crippen LogP contribution in [0, 0.1) is 0 Å². The second-order valence-corrected chi connectivity index (χ2v) is 9.82. The molecular formula is C21H20N4O4S2. The Labute approximate surface area is 183 Å². The van der Waals surface area contributed by atoms with Crippen LogP contribution >= 0.6 is 11.3 Å². The molecule has 31 heavy (non-hydrogen) atoms. The number of fused-ring (bicyclic) bond motifs is 1. The first-order valence-corrected chi connectivity index (χ1v) is 11.8. The lowest BCUT2D eigenvalue weighted by molar-refractivity contribution is 0.102. The molecule has 0 fully saturated rings. The second-order valence-electron chi connectivity index (χ2n) is 7.00. The van der Waals surface area contributed by atoms with Crippen molar-refractivity contribution in [2.24, 2.45) is 5.73 Å². The van der Waals surface area contributed by atoms with Crippen LogP contribution in [0.3, 0.4) is 0 Å². The predicted molar refractivity (Wildman–Crippen MR) is 120 cm³/mol. The van der Waals surface area contributed by atoms with E-state index in [1.54, 1.807) is 23.6 Å². The van der Waals surface area contributed by atoms with Crippen molar-refractivity contribution in [3.05, 3.63) is 76.0 Å². The fourth-order valence-corrected chi connectivity index (χ4v) is 6.20. The summed E-state index contributed by atoms with van der Waals surface area (Å²) in [7, 11) is -3.84. The molecule has 0 saturated carbocycles. The SMILES string of the molecule is NC(=O)Nc1cccc(NC(=O)c2sccc2S(=O)(=O)N2CCc3ccccc3C2)c1. The molecule has 0 spiro atoms. The lowest BCUT2D eigenvalue weighted by atomic mass is 10.0. The highest BCUT2D eigenvalue weighted by Crippen LogP contribution is 2.30. The van der Waals surface area contributed by atoms with Crippen molar-refractivity contribution in [2.75, 3.05) is 17.2 Å². The first-order chi connectivity index (χ1) is 14.8. The van der Waals surface area contributed by atoms with Gasteiger partial charge in [-0.05, 0) is 47.2 Å². The third-order valence-corrected chi connectivity index (χ3v) is 7.87. The van der Waals surface area contributed by atoms with E-state index in [-0.39, 0.29) is 16.3 Å². The molecular weight excluding hydrogens is 436 g/mol. The van der Waals surface area contributed by atoms with Crippen molar-refractivity contribution >= 4 is 44.7 Å². The predicted octanol–water partition coefficient (Wildman–Crippen LogP) is 3.24. The van der Waals surface area contributed by atoms with Gasteiger partial charge in [-0.2, -0.15) is 4.31 Å². The number of hydrogen-bond acceptors (Lipinski definition) is 5. The van der Waals surface area contributed by atoms with Crippen LogP contribution in [-0.4, -0.2) is 31.2 Å². The van der Waals surface area contributed by atoms with E-state index in [0.717, 1.165) is 22.5 Å². The van der Waals surface area contributed by atoms with Crippen molar-refractivity contribution in [3.63, 3.8) is 0 Å². The Balaban J connectivity index is 1.56. The number of carbonyl (C=O) groups is 2. The number of urea groups is 1. The number of hydrogen-bond donors (Lipinski definition) is 3. The van der Waals surface area contributed by atoms with E-state index in [9.17, 15) is 18.0 Å². The van der Waals surface area contributed by atoms with Crippen LogP contribution in [0.25, 0.3) is 0 Å². The summed E-state index contributed by atoms with van der Waals surface area (Å²) in [5.74, 6) is -0.540. The zero-order valence-corrected chi connectivity index (χ0v) is 18.0. The summed E-state index contributed by atoms with van der Waals surface area (Å²) < 4.78 is 28.0. The number of nitrogens with zero attached hydrogens (tertiary/aromatic N) is 1.